The molecule has 0 amide bonds. The molecule has 4 rings (SSSR count). The minimum atomic E-state index is -0.272. The average molecular weight is 356 g/mol. The monoisotopic (exact) mass is 356 g/mol. The van der Waals surface area contributed by atoms with Crippen LogP contribution in [0.15, 0.2) is 79.1 Å². The average Bonchev–Trinajstić information content (AvgIpc) is 3.34. The molecule has 5 nitrogen and oxygen atoms in total. The summed E-state index contributed by atoms with van der Waals surface area (Å²) in [7, 11) is 0. The molecule has 0 fully saturated rings. The van der Waals surface area contributed by atoms with Crippen LogP contribution in [0.3, 0.4) is 0 Å². The van der Waals surface area contributed by atoms with Gasteiger partial charge in [-0.25, -0.2) is 4.79 Å². The van der Waals surface area contributed by atoms with Crippen LogP contribution in [0.4, 0.5) is 4.79 Å². The Bertz CT molecular complexity index is 1030. The van der Waals surface area contributed by atoms with Crippen LogP contribution in [0.25, 0.3) is 0 Å². The number of carbonyl (C=O) groups is 1. The number of carbonyl (C=O) groups excluding carboxylic acids is 1. The van der Waals surface area contributed by atoms with E-state index in [2.05, 4.69) is 34.5 Å². The molecule has 0 N–H and O–H groups in total. The largest absolute Gasteiger partial charge is 0.369 e. The van der Waals surface area contributed by atoms with Gasteiger partial charge in [-0.05, 0) is 24.1 Å². The molecule has 27 heavy (non-hydrogen) atoms. The lowest BCUT2D eigenvalue weighted by atomic mass is 9.99. The molecule has 0 spiro atoms. The fourth-order valence-corrected chi connectivity index (χ4v) is 3.22. The molecule has 2 aromatic carbocycles. The quantitative estimate of drug-likeness (QED) is 0.553. The van der Waals surface area contributed by atoms with Gasteiger partial charge in [0.05, 0.1) is 11.4 Å². The lowest BCUT2D eigenvalue weighted by Crippen LogP contribution is -2.22. The number of hydrogen-bond acceptors (Lipinski definition) is 3. The number of aromatic nitrogens is 4. The van der Waals surface area contributed by atoms with Crippen LogP contribution < -0.4 is 0 Å². The molecule has 0 atom stereocenters. The Morgan fingerprint density at radius 2 is 1.52 bits per heavy atom. The predicted octanol–water partition coefficient (Wildman–Crippen LogP) is 4.09. The third-order valence-corrected chi connectivity index (χ3v) is 4.64. The Kier molecular flexibility index (Phi) is 4.66. The molecule has 2 aromatic heterocycles. The van der Waals surface area contributed by atoms with Gasteiger partial charge in [0.1, 0.15) is 0 Å². The maximum Gasteiger partial charge on any atom is 0.369 e. The first kappa shape index (κ1) is 17.0. The Balaban J connectivity index is 1.75. The maximum absolute atomic E-state index is 12.8. The van der Waals surface area contributed by atoms with Gasteiger partial charge in [0.2, 0.25) is 0 Å². The van der Waals surface area contributed by atoms with Gasteiger partial charge < -0.3 is 0 Å². The lowest BCUT2D eigenvalue weighted by molar-refractivity contribution is 0.237. The van der Waals surface area contributed by atoms with E-state index >= 15 is 0 Å². The van der Waals surface area contributed by atoms with Gasteiger partial charge in [-0.15, -0.1) is 0 Å². The first-order valence-electron chi connectivity index (χ1n) is 8.92. The van der Waals surface area contributed by atoms with Gasteiger partial charge in [0.25, 0.3) is 0 Å². The molecule has 0 aliphatic carbocycles. The van der Waals surface area contributed by atoms with E-state index < -0.39 is 0 Å². The fraction of sp³-hybridized carbons (Fsp3) is 0.136. The standard InChI is InChI=1S/C22H20N4O/c1-17-20(15-18-9-4-2-5-10-18)21(16-19-11-6-3-7-12-19)24-26(17)22(27)25-14-8-13-23-25/h2-14H,15-16H2,1H3. The van der Waals surface area contributed by atoms with Gasteiger partial charge in [-0.1, -0.05) is 60.7 Å². The summed E-state index contributed by atoms with van der Waals surface area (Å²) >= 11 is 0. The van der Waals surface area contributed by atoms with Crippen molar-refractivity contribution < 1.29 is 4.79 Å². The summed E-state index contributed by atoms with van der Waals surface area (Å²) in [5, 5.41) is 8.71. The molecule has 0 unspecified atom stereocenters. The number of benzene rings is 2. The second kappa shape index (κ2) is 7.41. The molecular weight excluding hydrogens is 336 g/mol. The van der Waals surface area contributed by atoms with E-state index in [1.807, 2.05) is 43.3 Å². The molecule has 0 radical (unpaired) electrons. The molecule has 0 aliphatic rings. The Morgan fingerprint density at radius 3 is 2.11 bits per heavy atom. The van der Waals surface area contributed by atoms with Crippen LogP contribution in [0.2, 0.25) is 0 Å². The second-order valence-corrected chi connectivity index (χ2v) is 6.48. The van der Waals surface area contributed by atoms with E-state index in [4.69, 9.17) is 0 Å². The molecule has 2 heterocycles. The third-order valence-electron chi connectivity index (χ3n) is 4.64. The number of nitrogens with zero attached hydrogens (tertiary/aromatic N) is 4. The zero-order valence-corrected chi connectivity index (χ0v) is 15.1. The highest BCUT2D eigenvalue weighted by Crippen LogP contribution is 2.21. The summed E-state index contributed by atoms with van der Waals surface area (Å²) < 4.78 is 2.77. The van der Waals surface area contributed by atoms with E-state index in [9.17, 15) is 4.79 Å². The number of hydrogen-bond donors (Lipinski definition) is 0. The van der Waals surface area contributed by atoms with Gasteiger partial charge in [-0.3, -0.25) is 0 Å². The summed E-state index contributed by atoms with van der Waals surface area (Å²) in [6.45, 7) is 1.95. The second-order valence-electron chi connectivity index (χ2n) is 6.48. The zero-order valence-electron chi connectivity index (χ0n) is 15.1. The van der Waals surface area contributed by atoms with Crippen LogP contribution in [0, 0.1) is 6.92 Å². The number of rotatable bonds is 4. The van der Waals surface area contributed by atoms with E-state index in [1.54, 1.807) is 18.5 Å². The van der Waals surface area contributed by atoms with Crippen LogP contribution in [0.1, 0.15) is 28.1 Å². The normalized spacial score (nSPS) is 10.9. The molecule has 0 aliphatic heterocycles. The minimum absolute atomic E-state index is 0.272. The molecule has 0 bridgehead atoms. The van der Waals surface area contributed by atoms with Crippen molar-refractivity contribution in [3.8, 4) is 0 Å². The van der Waals surface area contributed by atoms with Crippen LogP contribution >= 0.6 is 0 Å². The van der Waals surface area contributed by atoms with Crippen molar-refractivity contribution in [2.75, 3.05) is 0 Å². The van der Waals surface area contributed by atoms with Gasteiger partial charge in [-0.2, -0.15) is 19.6 Å². The summed E-state index contributed by atoms with van der Waals surface area (Å²) in [5.41, 5.74) is 5.22. The Hall–Kier alpha value is -3.47. The van der Waals surface area contributed by atoms with Crippen molar-refractivity contribution >= 4 is 6.03 Å². The smallest absolute Gasteiger partial charge is 0.244 e. The van der Waals surface area contributed by atoms with Crippen molar-refractivity contribution in [3.05, 3.63) is 107 Å². The molecule has 134 valence electrons. The topological polar surface area (TPSA) is 52.7 Å². The lowest BCUT2D eigenvalue weighted by Gasteiger charge is -2.05. The first-order valence-corrected chi connectivity index (χ1v) is 8.92. The van der Waals surface area contributed by atoms with Crippen LogP contribution in [-0.4, -0.2) is 25.6 Å². The molecule has 4 aromatic rings. The predicted molar refractivity (Wildman–Crippen MR) is 104 cm³/mol. The molecular formula is C22H20N4O. The van der Waals surface area contributed by atoms with Crippen molar-refractivity contribution in [2.24, 2.45) is 0 Å². The third kappa shape index (κ3) is 3.58. The highest BCUT2D eigenvalue weighted by atomic mass is 16.2. The van der Waals surface area contributed by atoms with E-state index in [-0.39, 0.29) is 6.03 Å². The van der Waals surface area contributed by atoms with Crippen molar-refractivity contribution in [1.29, 1.82) is 0 Å². The SMILES string of the molecule is Cc1c(Cc2ccccc2)c(Cc2ccccc2)nn1C(=O)n1cccn1. The van der Waals surface area contributed by atoms with Crippen molar-refractivity contribution in [2.45, 2.75) is 19.8 Å². The summed E-state index contributed by atoms with van der Waals surface area (Å²) in [6, 6.07) is 21.9. The zero-order chi connectivity index (χ0) is 18.6. The fourth-order valence-electron chi connectivity index (χ4n) is 3.22. The highest BCUT2D eigenvalue weighted by Gasteiger charge is 2.20. The summed E-state index contributed by atoms with van der Waals surface area (Å²) in [6.07, 6.45) is 4.65. The highest BCUT2D eigenvalue weighted by molar-refractivity contribution is 5.78. The maximum atomic E-state index is 12.8. The molecule has 5 heteroatoms. The first-order chi connectivity index (χ1) is 13.2. The van der Waals surface area contributed by atoms with Gasteiger partial charge in [0, 0.05) is 30.8 Å². The van der Waals surface area contributed by atoms with E-state index in [1.165, 1.54) is 20.5 Å². The molecule has 0 saturated carbocycles. The summed E-state index contributed by atoms with van der Waals surface area (Å²) in [4.78, 5) is 12.8. The van der Waals surface area contributed by atoms with Gasteiger partial charge >= 0.3 is 6.03 Å². The Morgan fingerprint density at radius 1 is 0.889 bits per heavy atom. The van der Waals surface area contributed by atoms with E-state index in [0.29, 0.717) is 6.42 Å². The Labute approximate surface area is 157 Å². The van der Waals surface area contributed by atoms with Crippen LogP contribution in [0.5, 0.6) is 0 Å². The van der Waals surface area contributed by atoms with E-state index in [0.717, 1.165) is 23.4 Å². The van der Waals surface area contributed by atoms with Gasteiger partial charge in [0.15, 0.2) is 0 Å². The van der Waals surface area contributed by atoms with Crippen LogP contribution in [-0.2, 0) is 12.8 Å². The summed E-state index contributed by atoms with van der Waals surface area (Å²) in [5.74, 6) is 0. The van der Waals surface area contributed by atoms with Crippen molar-refractivity contribution in [1.82, 2.24) is 19.6 Å². The minimum Gasteiger partial charge on any atom is -0.244 e. The van der Waals surface area contributed by atoms with Crippen molar-refractivity contribution in [3.63, 3.8) is 0 Å². The molecule has 0 saturated heterocycles.